The first-order valence-corrected chi connectivity index (χ1v) is 11.3. The van der Waals surface area contributed by atoms with Crippen molar-refractivity contribution in [1.82, 2.24) is 4.90 Å². The molecule has 1 fully saturated rings. The monoisotopic (exact) mass is 455 g/mol. The summed E-state index contributed by atoms with van der Waals surface area (Å²) in [7, 11) is 0. The number of hydrogen-bond acceptors (Lipinski definition) is 4. The van der Waals surface area contributed by atoms with Crippen LogP contribution < -0.4 is 0 Å². The Morgan fingerprint density at radius 1 is 1.09 bits per heavy atom. The lowest BCUT2D eigenvalue weighted by Gasteiger charge is -2.24. The van der Waals surface area contributed by atoms with Crippen molar-refractivity contribution in [1.29, 1.82) is 0 Å². The van der Waals surface area contributed by atoms with Gasteiger partial charge in [-0.3, -0.25) is 14.4 Å². The van der Waals surface area contributed by atoms with E-state index in [4.69, 9.17) is 4.74 Å². The number of ketones is 1. The molecule has 0 radical (unpaired) electrons. The molecule has 1 atom stereocenters. The lowest BCUT2D eigenvalue weighted by Crippen LogP contribution is -2.34. The molecule has 1 aromatic carbocycles. The number of alkyl halides is 3. The predicted molar refractivity (Wildman–Crippen MR) is 114 cm³/mol. The van der Waals surface area contributed by atoms with Crippen molar-refractivity contribution >= 4 is 17.7 Å². The first-order valence-electron chi connectivity index (χ1n) is 11.3. The SMILES string of the molecule is CCOC(=O)CCCCCCN1C(=O)CC[C@@H]1CCC(=O)Cc1ccccc1C(F)(F)F. The van der Waals surface area contributed by atoms with Crippen LogP contribution >= 0.6 is 0 Å². The Hall–Kier alpha value is -2.38. The normalized spacial score (nSPS) is 16.4. The first-order chi connectivity index (χ1) is 15.2. The minimum Gasteiger partial charge on any atom is -0.466 e. The standard InChI is InChI=1S/C24H32F3NO4/c1-2-32-23(31)11-5-3-4-8-16-28-19(13-15-22(28)30)12-14-20(29)17-18-9-6-7-10-21(18)24(25,26)27/h6-7,9-10,19H,2-5,8,11-17H2,1H3/t19-/m0/s1. The van der Waals surface area contributed by atoms with Gasteiger partial charge in [-0.05, 0) is 44.2 Å². The zero-order valence-electron chi connectivity index (χ0n) is 18.6. The summed E-state index contributed by atoms with van der Waals surface area (Å²) in [5.74, 6) is -0.374. The van der Waals surface area contributed by atoms with E-state index in [0.29, 0.717) is 38.8 Å². The number of Topliss-reactive ketones (excluding diaryl/α,β-unsaturated/α-hetero) is 1. The number of likely N-dealkylation sites (tertiary alicyclic amines) is 1. The van der Waals surface area contributed by atoms with Crippen molar-refractivity contribution < 1.29 is 32.3 Å². The van der Waals surface area contributed by atoms with Crippen LogP contribution in [0.5, 0.6) is 0 Å². The van der Waals surface area contributed by atoms with Crippen LogP contribution in [0.15, 0.2) is 24.3 Å². The summed E-state index contributed by atoms with van der Waals surface area (Å²) in [6, 6.07) is 5.11. The Kier molecular flexibility index (Phi) is 10.2. The molecule has 0 unspecified atom stereocenters. The van der Waals surface area contributed by atoms with Gasteiger partial charge in [-0.1, -0.05) is 31.0 Å². The number of carbonyl (C=O) groups excluding carboxylic acids is 3. The molecule has 1 heterocycles. The summed E-state index contributed by atoms with van der Waals surface area (Å²) < 4.78 is 44.2. The van der Waals surface area contributed by atoms with Gasteiger partial charge in [-0.15, -0.1) is 0 Å². The second-order valence-electron chi connectivity index (χ2n) is 8.16. The van der Waals surface area contributed by atoms with Gasteiger partial charge in [0.2, 0.25) is 5.91 Å². The highest BCUT2D eigenvalue weighted by molar-refractivity contribution is 5.82. The molecule has 1 aliphatic heterocycles. The van der Waals surface area contributed by atoms with E-state index in [0.717, 1.165) is 31.7 Å². The van der Waals surface area contributed by atoms with E-state index in [1.165, 1.54) is 18.2 Å². The molecular weight excluding hydrogens is 423 g/mol. The van der Waals surface area contributed by atoms with E-state index in [1.54, 1.807) is 6.92 Å². The van der Waals surface area contributed by atoms with E-state index < -0.39 is 11.7 Å². The van der Waals surface area contributed by atoms with Gasteiger partial charge in [0.1, 0.15) is 5.78 Å². The van der Waals surface area contributed by atoms with Gasteiger partial charge >= 0.3 is 12.1 Å². The van der Waals surface area contributed by atoms with Gasteiger partial charge in [-0.2, -0.15) is 13.2 Å². The second-order valence-corrected chi connectivity index (χ2v) is 8.16. The number of unbranched alkanes of at least 4 members (excludes halogenated alkanes) is 3. The van der Waals surface area contributed by atoms with E-state index in [-0.39, 0.29) is 42.1 Å². The van der Waals surface area contributed by atoms with Crippen molar-refractivity contribution in [3.8, 4) is 0 Å². The Morgan fingerprint density at radius 3 is 2.53 bits per heavy atom. The number of ether oxygens (including phenoxy) is 1. The highest BCUT2D eigenvalue weighted by atomic mass is 19.4. The van der Waals surface area contributed by atoms with Gasteiger partial charge < -0.3 is 9.64 Å². The van der Waals surface area contributed by atoms with Crippen molar-refractivity contribution in [2.45, 2.75) is 83.4 Å². The van der Waals surface area contributed by atoms with E-state index in [2.05, 4.69) is 0 Å². The quantitative estimate of drug-likeness (QED) is 0.307. The van der Waals surface area contributed by atoms with Gasteiger partial charge in [0.25, 0.3) is 0 Å². The number of hydrogen-bond donors (Lipinski definition) is 0. The van der Waals surface area contributed by atoms with Gasteiger partial charge in [0.15, 0.2) is 0 Å². The molecule has 2 rings (SSSR count). The molecule has 8 heteroatoms. The third-order valence-corrected chi connectivity index (χ3v) is 5.75. The van der Waals surface area contributed by atoms with Crippen LogP contribution in [-0.2, 0) is 31.7 Å². The summed E-state index contributed by atoms with van der Waals surface area (Å²) in [4.78, 5) is 37.7. The third-order valence-electron chi connectivity index (χ3n) is 5.75. The molecule has 5 nitrogen and oxygen atoms in total. The van der Waals surface area contributed by atoms with E-state index >= 15 is 0 Å². The molecule has 1 amide bonds. The van der Waals surface area contributed by atoms with Gasteiger partial charge in [0, 0.05) is 38.3 Å². The van der Waals surface area contributed by atoms with Gasteiger partial charge in [0.05, 0.1) is 12.2 Å². The molecule has 1 saturated heterocycles. The van der Waals surface area contributed by atoms with Crippen LogP contribution in [0.4, 0.5) is 13.2 Å². The summed E-state index contributed by atoms with van der Waals surface area (Å²) in [5.41, 5.74) is -0.777. The highest BCUT2D eigenvalue weighted by Gasteiger charge is 2.34. The average Bonchev–Trinajstić information content (AvgIpc) is 3.08. The van der Waals surface area contributed by atoms with Crippen LogP contribution in [0.2, 0.25) is 0 Å². The Bertz CT molecular complexity index is 779. The fourth-order valence-corrected chi connectivity index (χ4v) is 4.12. The molecule has 1 aliphatic rings. The van der Waals surface area contributed by atoms with Crippen molar-refractivity contribution in [3.05, 3.63) is 35.4 Å². The van der Waals surface area contributed by atoms with Crippen LogP contribution in [0.3, 0.4) is 0 Å². The molecule has 0 bridgehead atoms. The van der Waals surface area contributed by atoms with Crippen LogP contribution in [0.25, 0.3) is 0 Å². The number of amides is 1. The molecule has 0 aromatic heterocycles. The maximum atomic E-state index is 13.1. The summed E-state index contributed by atoms with van der Waals surface area (Å²) in [5, 5.41) is 0. The van der Waals surface area contributed by atoms with Gasteiger partial charge in [-0.25, -0.2) is 0 Å². The molecule has 178 valence electrons. The molecule has 32 heavy (non-hydrogen) atoms. The average molecular weight is 456 g/mol. The lowest BCUT2D eigenvalue weighted by molar-refractivity contribution is -0.143. The summed E-state index contributed by atoms with van der Waals surface area (Å²) in [6.07, 6.45) is 0.750. The summed E-state index contributed by atoms with van der Waals surface area (Å²) in [6.45, 7) is 2.76. The lowest BCUT2D eigenvalue weighted by atomic mass is 9.98. The molecular formula is C24H32F3NO4. The number of rotatable bonds is 13. The summed E-state index contributed by atoms with van der Waals surface area (Å²) >= 11 is 0. The third kappa shape index (κ3) is 8.28. The minimum absolute atomic E-state index is 0.00725. The largest absolute Gasteiger partial charge is 0.466 e. The number of halogens is 3. The highest BCUT2D eigenvalue weighted by Crippen LogP contribution is 2.32. The Morgan fingerprint density at radius 2 is 1.81 bits per heavy atom. The van der Waals surface area contributed by atoms with Crippen LogP contribution in [0.1, 0.15) is 75.8 Å². The second kappa shape index (κ2) is 12.6. The van der Waals surface area contributed by atoms with Crippen molar-refractivity contribution in [2.75, 3.05) is 13.2 Å². The van der Waals surface area contributed by atoms with E-state index in [1.807, 2.05) is 4.90 Å². The Labute approximate surface area is 187 Å². The van der Waals surface area contributed by atoms with Crippen molar-refractivity contribution in [3.63, 3.8) is 0 Å². The smallest absolute Gasteiger partial charge is 0.416 e. The maximum absolute atomic E-state index is 13.1. The molecule has 0 aliphatic carbocycles. The van der Waals surface area contributed by atoms with Crippen molar-refractivity contribution in [2.24, 2.45) is 0 Å². The molecule has 1 aromatic rings. The first kappa shape index (κ1) is 25.9. The maximum Gasteiger partial charge on any atom is 0.416 e. The zero-order valence-corrected chi connectivity index (χ0v) is 18.6. The topological polar surface area (TPSA) is 63.7 Å². The number of carbonyl (C=O) groups is 3. The molecule has 0 saturated carbocycles. The zero-order chi connectivity index (χ0) is 23.6. The predicted octanol–water partition coefficient (Wildman–Crippen LogP) is 5.10. The molecule has 0 N–H and O–H groups in total. The fraction of sp³-hybridized carbons (Fsp3) is 0.625. The fourth-order valence-electron chi connectivity index (χ4n) is 4.12. The number of esters is 1. The molecule has 0 spiro atoms. The minimum atomic E-state index is -4.48. The van der Waals surface area contributed by atoms with Crippen LogP contribution in [0, 0.1) is 0 Å². The Balaban J connectivity index is 1.75. The number of benzene rings is 1. The number of nitrogens with zero attached hydrogens (tertiary/aromatic N) is 1. The van der Waals surface area contributed by atoms with E-state index in [9.17, 15) is 27.6 Å². The van der Waals surface area contributed by atoms with Crippen LogP contribution in [-0.4, -0.2) is 41.8 Å².